The molecule has 17 heavy (non-hydrogen) atoms. The molecule has 2 unspecified atom stereocenters. The molecule has 0 amide bonds. The fourth-order valence-corrected chi connectivity index (χ4v) is 2.39. The molecule has 0 fully saturated rings. The summed E-state index contributed by atoms with van der Waals surface area (Å²) >= 11 is 0. The first kappa shape index (κ1) is 12.0. The molecular formula is C14H18O3. The van der Waals surface area contributed by atoms with E-state index in [-0.39, 0.29) is 12.0 Å². The van der Waals surface area contributed by atoms with Gasteiger partial charge in [-0.3, -0.25) is 4.79 Å². The molecule has 1 N–H and O–H groups in total. The van der Waals surface area contributed by atoms with Gasteiger partial charge >= 0.3 is 5.97 Å². The molecule has 1 aliphatic heterocycles. The number of para-hydroxylation sites is 1. The molecule has 1 aromatic rings. The molecule has 0 aromatic heterocycles. The van der Waals surface area contributed by atoms with Gasteiger partial charge < -0.3 is 9.84 Å². The van der Waals surface area contributed by atoms with Crippen LogP contribution in [0.3, 0.4) is 0 Å². The summed E-state index contributed by atoms with van der Waals surface area (Å²) in [6.45, 7) is 2.01. The average Bonchev–Trinajstić information content (AvgIpc) is 2.70. The van der Waals surface area contributed by atoms with Crippen LogP contribution in [0.2, 0.25) is 0 Å². The number of carbonyl (C=O) groups is 1. The van der Waals surface area contributed by atoms with Crippen LogP contribution < -0.4 is 4.74 Å². The molecule has 1 aromatic carbocycles. The van der Waals surface area contributed by atoms with E-state index in [1.54, 1.807) is 0 Å². The molecule has 1 aliphatic rings. The van der Waals surface area contributed by atoms with Crippen LogP contribution in [-0.2, 0) is 11.2 Å². The van der Waals surface area contributed by atoms with E-state index in [2.05, 4.69) is 0 Å². The Kier molecular flexibility index (Phi) is 3.67. The molecule has 0 radical (unpaired) electrons. The molecule has 0 spiro atoms. The minimum atomic E-state index is -0.702. The topological polar surface area (TPSA) is 46.5 Å². The first-order valence-electron chi connectivity index (χ1n) is 6.18. The van der Waals surface area contributed by atoms with Gasteiger partial charge in [-0.2, -0.15) is 0 Å². The van der Waals surface area contributed by atoms with Crippen LogP contribution in [0.15, 0.2) is 24.3 Å². The van der Waals surface area contributed by atoms with Crippen molar-refractivity contribution >= 4 is 5.97 Å². The first-order chi connectivity index (χ1) is 8.20. The lowest BCUT2D eigenvalue weighted by atomic mass is 9.95. The minimum absolute atomic E-state index is 0.0278. The first-order valence-corrected chi connectivity index (χ1v) is 6.18. The van der Waals surface area contributed by atoms with Crippen LogP contribution in [0.4, 0.5) is 0 Å². The van der Waals surface area contributed by atoms with E-state index in [1.165, 1.54) is 5.56 Å². The standard InChI is InChI=1S/C14H18O3/c1-2-5-11(14(15)16)9-12-8-10-6-3-4-7-13(10)17-12/h3-4,6-7,11-12H,2,5,8-9H2,1H3,(H,15,16). The SMILES string of the molecule is CCCC(CC1Cc2ccccc2O1)C(=O)O. The van der Waals surface area contributed by atoms with Crippen molar-refractivity contribution in [1.29, 1.82) is 0 Å². The van der Waals surface area contributed by atoms with Gasteiger partial charge in [0, 0.05) is 6.42 Å². The van der Waals surface area contributed by atoms with Crippen LogP contribution in [0, 0.1) is 5.92 Å². The third-order valence-electron chi connectivity index (χ3n) is 3.25. The van der Waals surface area contributed by atoms with Crippen molar-refractivity contribution in [2.75, 3.05) is 0 Å². The highest BCUT2D eigenvalue weighted by Gasteiger charge is 2.28. The second kappa shape index (κ2) is 5.21. The van der Waals surface area contributed by atoms with Gasteiger partial charge in [-0.25, -0.2) is 0 Å². The Morgan fingerprint density at radius 1 is 1.53 bits per heavy atom. The van der Waals surface area contributed by atoms with Crippen molar-refractivity contribution < 1.29 is 14.6 Å². The van der Waals surface area contributed by atoms with Crippen LogP contribution in [-0.4, -0.2) is 17.2 Å². The zero-order chi connectivity index (χ0) is 12.3. The Hall–Kier alpha value is -1.51. The van der Waals surface area contributed by atoms with Crippen LogP contribution in [0.1, 0.15) is 31.7 Å². The van der Waals surface area contributed by atoms with E-state index in [9.17, 15) is 4.79 Å². The van der Waals surface area contributed by atoms with Gasteiger partial charge in [0.25, 0.3) is 0 Å². The van der Waals surface area contributed by atoms with Crippen LogP contribution in [0.25, 0.3) is 0 Å². The summed E-state index contributed by atoms with van der Waals surface area (Å²) < 4.78 is 5.77. The Labute approximate surface area is 101 Å². The van der Waals surface area contributed by atoms with E-state index in [0.29, 0.717) is 6.42 Å². The second-order valence-electron chi connectivity index (χ2n) is 4.61. The molecule has 2 rings (SSSR count). The lowest BCUT2D eigenvalue weighted by Crippen LogP contribution is -2.23. The molecule has 3 nitrogen and oxygen atoms in total. The molecule has 92 valence electrons. The fraction of sp³-hybridized carbons (Fsp3) is 0.500. The Morgan fingerprint density at radius 3 is 2.94 bits per heavy atom. The third-order valence-corrected chi connectivity index (χ3v) is 3.25. The van der Waals surface area contributed by atoms with Crippen molar-refractivity contribution in [3.8, 4) is 5.75 Å². The normalized spacial score (nSPS) is 19.5. The molecule has 0 saturated heterocycles. The highest BCUT2D eigenvalue weighted by atomic mass is 16.5. The van der Waals surface area contributed by atoms with Gasteiger partial charge in [-0.15, -0.1) is 0 Å². The van der Waals surface area contributed by atoms with Crippen molar-refractivity contribution in [3.63, 3.8) is 0 Å². The predicted octanol–water partition coefficient (Wildman–Crippen LogP) is 2.88. The number of rotatable bonds is 5. The van der Waals surface area contributed by atoms with E-state index in [1.807, 2.05) is 31.2 Å². The van der Waals surface area contributed by atoms with E-state index >= 15 is 0 Å². The monoisotopic (exact) mass is 234 g/mol. The molecule has 3 heteroatoms. The summed E-state index contributed by atoms with van der Waals surface area (Å²) in [5.74, 6) is -0.0659. The van der Waals surface area contributed by atoms with Crippen molar-refractivity contribution in [1.82, 2.24) is 0 Å². The zero-order valence-corrected chi connectivity index (χ0v) is 10.1. The summed E-state index contributed by atoms with van der Waals surface area (Å²) in [5.41, 5.74) is 1.19. The van der Waals surface area contributed by atoms with Gasteiger partial charge in [0.15, 0.2) is 0 Å². The maximum Gasteiger partial charge on any atom is 0.306 e. The maximum absolute atomic E-state index is 11.1. The molecule has 0 bridgehead atoms. The number of benzene rings is 1. The number of carboxylic acid groups (broad SMARTS) is 1. The molecule has 2 atom stereocenters. The minimum Gasteiger partial charge on any atom is -0.490 e. The summed E-state index contributed by atoms with van der Waals surface area (Å²) in [6.07, 6.45) is 3.10. The lowest BCUT2D eigenvalue weighted by Gasteiger charge is -2.16. The molecule has 1 heterocycles. The van der Waals surface area contributed by atoms with Crippen molar-refractivity contribution in [2.24, 2.45) is 5.92 Å². The number of ether oxygens (including phenoxy) is 1. The van der Waals surface area contributed by atoms with Crippen molar-refractivity contribution in [2.45, 2.75) is 38.7 Å². The van der Waals surface area contributed by atoms with E-state index in [0.717, 1.165) is 25.0 Å². The van der Waals surface area contributed by atoms with Crippen molar-refractivity contribution in [3.05, 3.63) is 29.8 Å². The Bertz CT molecular complexity index is 375. The summed E-state index contributed by atoms with van der Waals surface area (Å²) in [6, 6.07) is 7.93. The van der Waals surface area contributed by atoms with Gasteiger partial charge in [0.2, 0.25) is 0 Å². The van der Waals surface area contributed by atoms with Gasteiger partial charge in [0.05, 0.1) is 5.92 Å². The summed E-state index contributed by atoms with van der Waals surface area (Å²) in [7, 11) is 0. The highest BCUT2D eigenvalue weighted by molar-refractivity contribution is 5.70. The van der Waals surface area contributed by atoms with Gasteiger partial charge in [0.1, 0.15) is 11.9 Å². The lowest BCUT2D eigenvalue weighted by molar-refractivity contribution is -0.142. The molecule has 0 aliphatic carbocycles. The number of hydrogen-bond acceptors (Lipinski definition) is 2. The number of aliphatic carboxylic acids is 1. The number of carboxylic acids is 1. The molecular weight excluding hydrogens is 216 g/mol. The third kappa shape index (κ3) is 2.78. The summed E-state index contributed by atoms with van der Waals surface area (Å²) in [5, 5.41) is 9.13. The van der Waals surface area contributed by atoms with Crippen LogP contribution >= 0.6 is 0 Å². The number of hydrogen-bond donors (Lipinski definition) is 1. The fourth-order valence-electron chi connectivity index (χ4n) is 2.39. The highest BCUT2D eigenvalue weighted by Crippen LogP contribution is 2.31. The largest absolute Gasteiger partial charge is 0.490 e. The number of fused-ring (bicyclic) bond motifs is 1. The predicted molar refractivity (Wildman–Crippen MR) is 65.2 cm³/mol. The Balaban J connectivity index is 1.96. The Morgan fingerprint density at radius 2 is 2.29 bits per heavy atom. The maximum atomic E-state index is 11.1. The van der Waals surface area contributed by atoms with Gasteiger partial charge in [-0.05, 0) is 24.5 Å². The zero-order valence-electron chi connectivity index (χ0n) is 10.1. The quantitative estimate of drug-likeness (QED) is 0.852. The van der Waals surface area contributed by atoms with Gasteiger partial charge in [-0.1, -0.05) is 31.5 Å². The molecule has 0 saturated carbocycles. The summed E-state index contributed by atoms with van der Waals surface area (Å²) in [4.78, 5) is 11.1. The van der Waals surface area contributed by atoms with E-state index < -0.39 is 5.97 Å². The average molecular weight is 234 g/mol. The smallest absolute Gasteiger partial charge is 0.306 e. The second-order valence-corrected chi connectivity index (χ2v) is 4.61. The van der Waals surface area contributed by atoms with E-state index in [4.69, 9.17) is 9.84 Å². The van der Waals surface area contributed by atoms with Crippen LogP contribution in [0.5, 0.6) is 5.75 Å².